The van der Waals surface area contributed by atoms with Crippen LogP contribution in [0.25, 0.3) is 0 Å². The van der Waals surface area contributed by atoms with Crippen molar-refractivity contribution in [1.29, 1.82) is 0 Å². The number of aliphatic hydroxyl groups excluding tert-OH is 1. The van der Waals surface area contributed by atoms with Gasteiger partial charge in [0.15, 0.2) is 0 Å². The molecule has 16 heavy (non-hydrogen) atoms. The summed E-state index contributed by atoms with van der Waals surface area (Å²) < 4.78 is 5.86. The Kier molecular flexibility index (Phi) is 2.90. The van der Waals surface area contributed by atoms with Gasteiger partial charge in [-0.3, -0.25) is 4.90 Å². The van der Waals surface area contributed by atoms with Crippen molar-refractivity contribution in [2.75, 3.05) is 18.1 Å². The standard InChI is InChI=1S/C11H12BrNO3/c1-11(6-14)7-16-10(15)13(11)9-4-2-3-8(12)5-9/h2-5,14H,6-7H2,1H3. The molecule has 0 saturated carbocycles. The number of ether oxygens (including phenoxy) is 1. The maximum Gasteiger partial charge on any atom is 0.415 e. The van der Waals surface area contributed by atoms with Crippen LogP contribution < -0.4 is 4.90 Å². The van der Waals surface area contributed by atoms with Crippen molar-refractivity contribution in [1.82, 2.24) is 0 Å². The van der Waals surface area contributed by atoms with Gasteiger partial charge in [0, 0.05) is 10.2 Å². The van der Waals surface area contributed by atoms with Gasteiger partial charge in [-0.05, 0) is 25.1 Å². The second-order valence-corrected chi connectivity index (χ2v) is 4.94. The van der Waals surface area contributed by atoms with E-state index < -0.39 is 11.6 Å². The Bertz CT molecular complexity index is 423. The molecule has 1 unspecified atom stereocenters. The van der Waals surface area contributed by atoms with E-state index in [9.17, 15) is 9.90 Å². The Labute approximate surface area is 102 Å². The van der Waals surface area contributed by atoms with E-state index >= 15 is 0 Å². The summed E-state index contributed by atoms with van der Waals surface area (Å²) in [5.41, 5.74) is 0.0335. The Morgan fingerprint density at radius 3 is 3.00 bits per heavy atom. The molecule has 0 radical (unpaired) electrons. The third-order valence-electron chi connectivity index (χ3n) is 2.64. The van der Waals surface area contributed by atoms with Crippen molar-refractivity contribution in [2.45, 2.75) is 12.5 Å². The molecule has 0 aromatic heterocycles. The second-order valence-electron chi connectivity index (χ2n) is 4.02. The van der Waals surface area contributed by atoms with Crippen molar-refractivity contribution in [3.63, 3.8) is 0 Å². The van der Waals surface area contributed by atoms with E-state index in [0.29, 0.717) is 5.69 Å². The molecule has 1 aliphatic heterocycles. The summed E-state index contributed by atoms with van der Waals surface area (Å²) in [4.78, 5) is 13.1. The lowest BCUT2D eigenvalue weighted by molar-refractivity contribution is 0.155. The SMILES string of the molecule is CC1(CO)COC(=O)N1c1cccc(Br)c1. The van der Waals surface area contributed by atoms with Crippen LogP contribution in [0.2, 0.25) is 0 Å². The molecule has 1 saturated heterocycles. The minimum absolute atomic E-state index is 0.134. The number of rotatable bonds is 2. The highest BCUT2D eigenvalue weighted by molar-refractivity contribution is 9.10. The van der Waals surface area contributed by atoms with E-state index in [1.54, 1.807) is 6.92 Å². The van der Waals surface area contributed by atoms with Crippen LogP contribution in [-0.2, 0) is 4.74 Å². The normalized spacial score (nSPS) is 24.7. The fourth-order valence-corrected chi connectivity index (χ4v) is 2.10. The molecule has 1 heterocycles. The van der Waals surface area contributed by atoms with Crippen LogP contribution in [0.5, 0.6) is 0 Å². The number of halogens is 1. The molecule has 0 aliphatic carbocycles. The molecule has 0 spiro atoms. The van der Waals surface area contributed by atoms with Gasteiger partial charge in [0.05, 0.1) is 6.61 Å². The minimum Gasteiger partial charge on any atom is -0.447 e. The lowest BCUT2D eigenvalue weighted by atomic mass is 10.0. The van der Waals surface area contributed by atoms with Crippen LogP contribution in [-0.4, -0.2) is 30.0 Å². The van der Waals surface area contributed by atoms with Gasteiger partial charge in [0.2, 0.25) is 0 Å². The first kappa shape index (κ1) is 11.4. The van der Waals surface area contributed by atoms with Gasteiger partial charge in [0.1, 0.15) is 12.1 Å². The van der Waals surface area contributed by atoms with Crippen molar-refractivity contribution >= 4 is 27.7 Å². The lowest BCUT2D eigenvalue weighted by Crippen LogP contribution is -2.47. The molecule has 1 N–H and O–H groups in total. The average molecular weight is 286 g/mol. The monoisotopic (exact) mass is 285 g/mol. The summed E-state index contributed by atoms with van der Waals surface area (Å²) in [7, 11) is 0. The summed E-state index contributed by atoms with van der Waals surface area (Å²) in [5, 5.41) is 9.36. The van der Waals surface area contributed by atoms with Gasteiger partial charge in [-0.25, -0.2) is 4.79 Å². The lowest BCUT2D eigenvalue weighted by Gasteiger charge is -2.29. The fourth-order valence-electron chi connectivity index (χ4n) is 1.72. The van der Waals surface area contributed by atoms with Crippen LogP contribution in [0.3, 0.4) is 0 Å². The third-order valence-corrected chi connectivity index (χ3v) is 3.13. The number of aliphatic hydroxyl groups is 1. The zero-order valence-electron chi connectivity index (χ0n) is 8.81. The largest absolute Gasteiger partial charge is 0.447 e. The molecule has 5 heteroatoms. The summed E-state index contributed by atoms with van der Waals surface area (Å²) in [6, 6.07) is 7.34. The van der Waals surface area contributed by atoms with Gasteiger partial charge in [-0.1, -0.05) is 22.0 Å². The molecule has 4 nitrogen and oxygen atoms in total. The quantitative estimate of drug-likeness (QED) is 0.906. The Hall–Kier alpha value is -1.07. The minimum atomic E-state index is -0.683. The topological polar surface area (TPSA) is 49.8 Å². The van der Waals surface area contributed by atoms with Crippen molar-refractivity contribution in [3.8, 4) is 0 Å². The molecule has 1 aliphatic rings. The molecule has 86 valence electrons. The first-order valence-electron chi connectivity index (χ1n) is 4.90. The molecule has 1 aromatic rings. The fraction of sp³-hybridized carbons (Fsp3) is 0.364. The smallest absolute Gasteiger partial charge is 0.415 e. The van der Waals surface area contributed by atoms with E-state index in [0.717, 1.165) is 4.47 Å². The van der Waals surface area contributed by atoms with Crippen LogP contribution in [0, 0.1) is 0 Å². The number of hydrogen-bond donors (Lipinski definition) is 1. The molecule has 0 bridgehead atoms. The number of carbonyl (C=O) groups excluding carboxylic acids is 1. The van der Waals surface area contributed by atoms with Gasteiger partial charge in [-0.2, -0.15) is 0 Å². The van der Waals surface area contributed by atoms with Crippen molar-refractivity contribution in [3.05, 3.63) is 28.7 Å². The number of nitrogens with zero attached hydrogens (tertiary/aromatic N) is 1. The van der Waals surface area contributed by atoms with Gasteiger partial charge < -0.3 is 9.84 Å². The van der Waals surface area contributed by atoms with Crippen molar-refractivity contribution in [2.24, 2.45) is 0 Å². The third kappa shape index (κ3) is 1.81. The van der Waals surface area contributed by atoms with Crippen LogP contribution in [0.15, 0.2) is 28.7 Å². The molecule has 1 aromatic carbocycles. The van der Waals surface area contributed by atoms with Crippen LogP contribution in [0.1, 0.15) is 6.92 Å². The first-order valence-corrected chi connectivity index (χ1v) is 5.69. The van der Waals surface area contributed by atoms with E-state index in [4.69, 9.17) is 4.74 Å². The summed E-state index contributed by atoms with van der Waals surface area (Å²) >= 11 is 3.35. The second kappa shape index (κ2) is 4.07. The van der Waals surface area contributed by atoms with E-state index in [1.807, 2.05) is 24.3 Å². The first-order chi connectivity index (χ1) is 7.57. The zero-order valence-corrected chi connectivity index (χ0v) is 10.4. The predicted molar refractivity (Wildman–Crippen MR) is 63.5 cm³/mol. The van der Waals surface area contributed by atoms with E-state index in [2.05, 4.69) is 15.9 Å². The molecular weight excluding hydrogens is 274 g/mol. The Morgan fingerprint density at radius 1 is 1.62 bits per heavy atom. The molecule has 1 fully saturated rings. The number of anilines is 1. The highest BCUT2D eigenvalue weighted by Gasteiger charge is 2.44. The maximum atomic E-state index is 11.6. The Balaban J connectivity index is 2.41. The number of cyclic esters (lactones) is 1. The zero-order chi connectivity index (χ0) is 11.8. The molecule has 1 amide bonds. The summed E-state index contributed by atoms with van der Waals surface area (Å²) in [6.45, 7) is 1.86. The number of amides is 1. The van der Waals surface area contributed by atoms with Crippen LogP contribution >= 0.6 is 15.9 Å². The van der Waals surface area contributed by atoms with Crippen molar-refractivity contribution < 1.29 is 14.6 Å². The Morgan fingerprint density at radius 2 is 2.38 bits per heavy atom. The van der Waals surface area contributed by atoms with E-state index in [1.165, 1.54) is 4.90 Å². The van der Waals surface area contributed by atoms with Gasteiger partial charge in [-0.15, -0.1) is 0 Å². The number of carbonyl (C=O) groups is 1. The summed E-state index contributed by atoms with van der Waals surface area (Å²) in [5.74, 6) is 0. The number of hydrogen-bond acceptors (Lipinski definition) is 3. The van der Waals surface area contributed by atoms with Gasteiger partial charge >= 0.3 is 6.09 Å². The maximum absolute atomic E-state index is 11.6. The molecule has 1 atom stereocenters. The molecule has 2 rings (SSSR count). The van der Waals surface area contributed by atoms with E-state index in [-0.39, 0.29) is 13.2 Å². The summed E-state index contributed by atoms with van der Waals surface area (Å²) in [6.07, 6.45) is -0.422. The molecular formula is C11H12BrNO3. The number of benzene rings is 1. The predicted octanol–water partition coefficient (Wildman–Crippen LogP) is 2.16. The van der Waals surface area contributed by atoms with Crippen LogP contribution in [0.4, 0.5) is 10.5 Å². The van der Waals surface area contributed by atoms with Gasteiger partial charge in [0.25, 0.3) is 0 Å². The highest BCUT2D eigenvalue weighted by Crippen LogP contribution is 2.31. The average Bonchev–Trinajstić information content (AvgIpc) is 2.56. The highest BCUT2D eigenvalue weighted by atomic mass is 79.9.